The Bertz CT molecular complexity index is 1140. The van der Waals surface area contributed by atoms with Gasteiger partial charge in [-0.2, -0.15) is 4.37 Å². The molecule has 0 bridgehead atoms. The van der Waals surface area contributed by atoms with Crippen LogP contribution in [0.2, 0.25) is 0 Å². The van der Waals surface area contributed by atoms with Gasteiger partial charge in [0.1, 0.15) is 10.7 Å². The zero-order valence-electron chi connectivity index (χ0n) is 17.7. The quantitative estimate of drug-likeness (QED) is 0.528. The third-order valence-corrected chi connectivity index (χ3v) is 8.10. The predicted octanol–water partition coefficient (Wildman–Crippen LogP) is 4.28. The summed E-state index contributed by atoms with van der Waals surface area (Å²) in [5, 5.41) is 1.72. The van der Waals surface area contributed by atoms with Gasteiger partial charge < -0.3 is 4.90 Å². The van der Waals surface area contributed by atoms with E-state index in [0.29, 0.717) is 5.69 Å². The summed E-state index contributed by atoms with van der Waals surface area (Å²) in [7, 11) is -1.84. The monoisotopic (exact) mass is 459 g/mol. The predicted molar refractivity (Wildman–Crippen MR) is 123 cm³/mol. The Morgan fingerprint density at radius 1 is 1.23 bits per heavy atom. The second kappa shape index (κ2) is 9.06. The van der Waals surface area contributed by atoms with Gasteiger partial charge in [0, 0.05) is 43.8 Å². The lowest BCUT2D eigenvalue weighted by molar-refractivity contribution is 0.326. The normalized spacial score (nSPS) is 17.2. The number of benzene rings is 2. The third kappa shape index (κ3) is 4.97. The first kappa shape index (κ1) is 21.9. The van der Waals surface area contributed by atoms with Crippen molar-refractivity contribution in [2.45, 2.75) is 36.6 Å². The SMILES string of the molecule is Cc1cc(S(=O)(=O)Cc2ccsn2)c(F)cc1N(C)[C@H]1CCN(Cc2ccccc2)C1. The molecule has 8 heteroatoms. The molecule has 164 valence electrons. The van der Waals surface area contributed by atoms with Crippen molar-refractivity contribution in [2.24, 2.45) is 0 Å². The number of nitrogens with zero attached hydrogens (tertiary/aromatic N) is 3. The minimum atomic E-state index is -3.80. The van der Waals surface area contributed by atoms with Crippen molar-refractivity contribution in [3.63, 3.8) is 0 Å². The van der Waals surface area contributed by atoms with Gasteiger partial charge in [-0.15, -0.1) is 0 Å². The van der Waals surface area contributed by atoms with Crippen molar-refractivity contribution >= 4 is 27.1 Å². The first-order valence-corrected chi connectivity index (χ1v) is 12.7. The summed E-state index contributed by atoms with van der Waals surface area (Å²) in [5.41, 5.74) is 3.20. The second-order valence-electron chi connectivity index (χ2n) is 8.09. The number of hydrogen-bond acceptors (Lipinski definition) is 6. The Labute approximate surface area is 187 Å². The maximum absolute atomic E-state index is 14.9. The van der Waals surface area contributed by atoms with Crippen LogP contribution in [0.25, 0.3) is 0 Å². The molecule has 1 aliphatic heterocycles. The summed E-state index contributed by atoms with van der Waals surface area (Å²) >= 11 is 1.18. The Morgan fingerprint density at radius 3 is 2.71 bits per heavy atom. The van der Waals surface area contributed by atoms with Crippen molar-refractivity contribution < 1.29 is 12.8 Å². The van der Waals surface area contributed by atoms with Crippen LogP contribution in [0.3, 0.4) is 0 Å². The highest BCUT2D eigenvalue weighted by Gasteiger charge is 2.28. The summed E-state index contributed by atoms with van der Waals surface area (Å²) in [6.45, 7) is 4.60. The molecule has 0 unspecified atom stereocenters. The molecular weight excluding hydrogens is 433 g/mol. The molecule has 1 aromatic heterocycles. The third-order valence-electron chi connectivity index (χ3n) is 5.84. The molecule has 1 fully saturated rings. The van der Waals surface area contributed by atoms with Gasteiger partial charge in [-0.1, -0.05) is 30.3 Å². The van der Waals surface area contributed by atoms with E-state index in [2.05, 4.69) is 26.3 Å². The highest BCUT2D eigenvalue weighted by atomic mass is 32.2. The van der Waals surface area contributed by atoms with Crippen LogP contribution in [-0.2, 0) is 22.1 Å². The average Bonchev–Trinajstić information content (AvgIpc) is 3.41. The minimum absolute atomic E-state index is 0.249. The van der Waals surface area contributed by atoms with E-state index < -0.39 is 15.7 Å². The maximum Gasteiger partial charge on any atom is 0.187 e. The second-order valence-corrected chi connectivity index (χ2v) is 10.7. The van der Waals surface area contributed by atoms with Gasteiger partial charge in [0.25, 0.3) is 0 Å². The Morgan fingerprint density at radius 2 is 2.00 bits per heavy atom. The molecule has 3 aromatic rings. The molecule has 0 saturated carbocycles. The van der Waals surface area contributed by atoms with E-state index in [9.17, 15) is 12.8 Å². The van der Waals surface area contributed by atoms with Gasteiger partial charge in [-0.05, 0) is 54.2 Å². The van der Waals surface area contributed by atoms with Crippen LogP contribution >= 0.6 is 11.5 Å². The zero-order chi connectivity index (χ0) is 22.0. The van der Waals surface area contributed by atoms with E-state index in [1.165, 1.54) is 29.2 Å². The first-order chi connectivity index (χ1) is 14.8. The maximum atomic E-state index is 14.9. The molecule has 1 aliphatic rings. The number of aromatic nitrogens is 1. The summed E-state index contributed by atoms with van der Waals surface area (Å²) in [5.74, 6) is -0.999. The summed E-state index contributed by atoms with van der Waals surface area (Å²) < 4.78 is 44.4. The van der Waals surface area contributed by atoms with Crippen molar-refractivity contribution in [1.82, 2.24) is 9.27 Å². The Hall–Kier alpha value is -2.29. The number of likely N-dealkylation sites (tertiary alicyclic amines) is 1. The summed E-state index contributed by atoms with van der Waals surface area (Å²) in [4.78, 5) is 4.22. The summed E-state index contributed by atoms with van der Waals surface area (Å²) in [6, 6.07) is 15.1. The van der Waals surface area contributed by atoms with E-state index in [-0.39, 0.29) is 16.7 Å². The minimum Gasteiger partial charge on any atom is -0.370 e. The molecule has 0 radical (unpaired) electrons. The van der Waals surface area contributed by atoms with Crippen molar-refractivity contribution in [2.75, 3.05) is 25.0 Å². The van der Waals surface area contributed by atoms with E-state index in [1.807, 2.05) is 32.2 Å². The number of rotatable bonds is 7. The van der Waals surface area contributed by atoms with Crippen LogP contribution < -0.4 is 4.90 Å². The highest BCUT2D eigenvalue weighted by Crippen LogP contribution is 2.30. The molecule has 4 rings (SSSR count). The molecule has 0 aliphatic carbocycles. The van der Waals surface area contributed by atoms with E-state index in [0.717, 1.165) is 37.3 Å². The largest absolute Gasteiger partial charge is 0.370 e. The number of sulfone groups is 1. The van der Waals surface area contributed by atoms with Crippen molar-refractivity contribution in [3.05, 3.63) is 76.5 Å². The van der Waals surface area contributed by atoms with Crippen molar-refractivity contribution in [3.8, 4) is 0 Å². The van der Waals surface area contributed by atoms with Gasteiger partial charge in [0.15, 0.2) is 9.84 Å². The fourth-order valence-electron chi connectivity index (χ4n) is 4.16. The highest BCUT2D eigenvalue weighted by molar-refractivity contribution is 7.90. The smallest absolute Gasteiger partial charge is 0.187 e. The van der Waals surface area contributed by atoms with Gasteiger partial charge in [0.05, 0.1) is 11.4 Å². The average molecular weight is 460 g/mol. The van der Waals surface area contributed by atoms with Crippen molar-refractivity contribution in [1.29, 1.82) is 0 Å². The van der Waals surface area contributed by atoms with E-state index in [1.54, 1.807) is 11.4 Å². The van der Waals surface area contributed by atoms with Crippen LogP contribution in [0.15, 0.2) is 58.8 Å². The van der Waals surface area contributed by atoms with Crippen LogP contribution in [0, 0.1) is 12.7 Å². The number of likely N-dealkylation sites (N-methyl/N-ethyl adjacent to an activating group) is 1. The lowest BCUT2D eigenvalue weighted by Gasteiger charge is -2.29. The molecule has 0 N–H and O–H groups in total. The molecule has 1 atom stereocenters. The fourth-order valence-corrected chi connectivity index (χ4v) is 6.20. The number of aryl methyl sites for hydroxylation is 1. The molecule has 2 aromatic carbocycles. The fraction of sp³-hybridized carbons (Fsp3) is 0.348. The molecule has 2 heterocycles. The molecule has 31 heavy (non-hydrogen) atoms. The lowest BCUT2D eigenvalue weighted by Crippen LogP contribution is -2.35. The molecule has 5 nitrogen and oxygen atoms in total. The Kier molecular flexibility index (Phi) is 6.41. The van der Waals surface area contributed by atoms with Crippen LogP contribution in [0.5, 0.6) is 0 Å². The molecule has 0 amide bonds. The molecule has 0 spiro atoms. The first-order valence-electron chi connectivity index (χ1n) is 10.2. The number of hydrogen-bond donors (Lipinski definition) is 0. The molecular formula is C23H26FN3O2S2. The molecule has 1 saturated heterocycles. The number of halogens is 1. The standard InChI is InChI=1S/C23H26FN3O2S2/c1-17-12-23(31(28,29)16-19-9-11-30-25-19)21(24)13-22(17)26(2)20-8-10-27(15-20)14-18-6-4-3-5-7-18/h3-7,9,11-13,20H,8,10,14-16H2,1-2H3/t20-/m0/s1. The summed E-state index contributed by atoms with van der Waals surface area (Å²) in [6.07, 6.45) is 0.980. The van der Waals surface area contributed by atoms with Crippen LogP contribution in [0.1, 0.15) is 23.2 Å². The topological polar surface area (TPSA) is 53.5 Å². The van der Waals surface area contributed by atoms with E-state index >= 15 is 0 Å². The zero-order valence-corrected chi connectivity index (χ0v) is 19.3. The van der Waals surface area contributed by atoms with Crippen LogP contribution in [-0.4, -0.2) is 43.9 Å². The number of anilines is 1. The Balaban J connectivity index is 1.49. The lowest BCUT2D eigenvalue weighted by atomic mass is 10.1. The van der Waals surface area contributed by atoms with Gasteiger partial charge >= 0.3 is 0 Å². The van der Waals surface area contributed by atoms with E-state index in [4.69, 9.17) is 0 Å². The van der Waals surface area contributed by atoms with Crippen LogP contribution in [0.4, 0.5) is 10.1 Å². The van der Waals surface area contributed by atoms with Gasteiger partial charge in [-0.25, -0.2) is 12.8 Å². The van der Waals surface area contributed by atoms with Gasteiger partial charge in [0.2, 0.25) is 0 Å². The van der Waals surface area contributed by atoms with Gasteiger partial charge in [-0.3, -0.25) is 4.90 Å².